The van der Waals surface area contributed by atoms with Gasteiger partial charge >= 0.3 is 5.97 Å². The summed E-state index contributed by atoms with van der Waals surface area (Å²) < 4.78 is 5.34. The van der Waals surface area contributed by atoms with Gasteiger partial charge in [-0.2, -0.15) is 0 Å². The lowest BCUT2D eigenvalue weighted by Gasteiger charge is -2.09. The molecule has 0 aliphatic heterocycles. The summed E-state index contributed by atoms with van der Waals surface area (Å²) in [5.74, 6) is 0.701. The Morgan fingerprint density at radius 3 is 2.75 bits per heavy atom. The molecular formula is C16H16O3S. The highest BCUT2D eigenvalue weighted by molar-refractivity contribution is 7.98. The molecule has 20 heavy (non-hydrogen) atoms. The van der Waals surface area contributed by atoms with E-state index in [1.165, 1.54) is 5.56 Å². The Hall–Kier alpha value is -1.94. The summed E-state index contributed by atoms with van der Waals surface area (Å²) in [4.78, 5) is 11.9. The first-order valence-corrected chi connectivity index (χ1v) is 7.18. The van der Waals surface area contributed by atoms with E-state index < -0.39 is 5.97 Å². The monoisotopic (exact) mass is 288 g/mol. The molecule has 3 nitrogen and oxygen atoms in total. The number of methoxy groups -OCH3 is 1. The van der Waals surface area contributed by atoms with Crippen LogP contribution in [0.4, 0.5) is 0 Å². The minimum atomic E-state index is -0.902. The molecule has 0 aliphatic carbocycles. The molecule has 0 unspecified atom stereocenters. The van der Waals surface area contributed by atoms with E-state index in [9.17, 15) is 4.79 Å². The van der Waals surface area contributed by atoms with Crippen LogP contribution >= 0.6 is 11.8 Å². The van der Waals surface area contributed by atoms with Gasteiger partial charge in [-0.25, -0.2) is 4.79 Å². The van der Waals surface area contributed by atoms with Crippen LogP contribution in [0.15, 0.2) is 47.4 Å². The Kier molecular flexibility index (Phi) is 4.69. The van der Waals surface area contributed by atoms with Gasteiger partial charge in [-0.05, 0) is 31.2 Å². The molecule has 0 spiro atoms. The van der Waals surface area contributed by atoms with Crippen molar-refractivity contribution in [2.45, 2.75) is 17.6 Å². The Morgan fingerprint density at radius 1 is 1.25 bits per heavy atom. The Labute approximate surface area is 122 Å². The molecule has 0 bridgehead atoms. The highest BCUT2D eigenvalue weighted by atomic mass is 32.2. The van der Waals surface area contributed by atoms with Gasteiger partial charge in [0.2, 0.25) is 0 Å². The number of hydrogen-bond acceptors (Lipinski definition) is 3. The van der Waals surface area contributed by atoms with Crippen LogP contribution in [0.1, 0.15) is 21.5 Å². The molecule has 4 heteroatoms. The molecule has 0 atom stereocenters. The number of carboxylic acid groups (broad SMARTS) is 1. The topological polar surface area (TPSA) is 46.5 Å². The molecule has 0 saturated carbocycles. The van der Waals surface area contributed by atoms with Crippen molar-refractivity contribution in [1.29, 1.82) is 0 Å². The number of aryl methyl sites for hydroxylation is 1. The molecule has 0 heterocycles. The summed E-state index contributed by atoms with van der Waals surface area (Å²) in [6, 6.07) is 13.0. The largest absolute Gasteiger partial charge is 0.496 e. The van der Waals surface area contributed by atoms with Gasteiger partial charge in [0.25, 0.3) is 0 Å². The van der Waals surface area contributed by atoms with Crippen molar-refractivity contribution in [2.75, 3.05) is 7.11 Å². The molecule has 0 fully saturated rings. The number of ether oxygens (including phenoxy) is 1. The highest BCUT2D eigenvalue weighted by Crippen LogP contribution is 2.29. The molecule has 1 N–H and O–H groups in total. The summed E-state index contributed by atoms with van der Waals surface area (Å²) in [6.07, 6.45) is 0. The van der Waals surface area contributed by atoms with Crippen molar-refractivity contribution in [3.8, 4) is 5.75 Å². The molecule has 2 rings (SSSR count). The Morgan fingerprint density at radius 2 is 2.05 bits per heavy atom. The third-order valence-electron chi connectivity index (χ3n) is 2.91. The molecule has 0 aromatic heterocycles. The molecule has 2 aromatic carbocycles. The van der Waals surface area contributed by atoms with E-state index >= 15 is 0 Å². The van der Waals surface area contributed by atoms with E-state index in [1.54, 1.807) is 37.1 Å². The normalized spacial score (nSPS) is 10.3. The lowest BCUT2D eigenvalue weighted by molar-refractivity contribution is 0.0696. The third-order valence-corrected chi connectivity index (χ3v) is 3.95. The van der Waals surface area contributed by atoms with Gasteiger partial charge in [-0.3, -0.25) is 0 Å². The molecule has 2 aromatic rings. The maximum absolute atomic E-state index is 10.9. The van der Waals surface area contributed by atoms with Gasteiger partial charge in [0, 0.05) is 16.2 Å². The van der Waals surface area contributed by atoms with Gasteiger partial charge in [-0.1, -0.05) is 23.8 Å². The zero-order valence-electron chi connectivity index (χ0n) is 11.4. The van der Waals surface area contributed by atoms with E-state index in [4.69, 9.17) is 9.84 Å². The number of benzene rings is 2. The quantitative estimate of drug-likeness (QED) is 0.845. The van der Waals surface area contributed by atoms with Gasteiger partial charge in [-0.15, -0.1) is 11.8 Å². The van der Waals surface area contributed by atoms with Crippen LogP contribution < -0.4 is 4.74 Å². The second-order valence-corrected chi connectivity index (χ2v) is 5.49. The number of carbonyl (C=O) groups is 1. The van der Waals surface area contributed by atoms with E-state index in [0.29, 0.717) is 5.56 Å². The summed E-state index contributed by atoms with van der Waals surface area (Å²) in [6.45, 7) is 2.04. The molecular weight excluding hydrogens is 272 g/mol. The summed E-state index contributed by atoms with van der Waals surface area (Å²) in [7, 11) is 1.66. The zero-order chi connectivity index (χ0) is 14.5. The second kappa shape index (κ2) is 6.48. The fourth-order valence-electron chi connectivity index (χ4n) is 1.90. The van der Waals surface area contributed by atoms with Crippen LogP contribution in [-0.4, -0.2) is 18.2 Å². The lowest BCUT2D eigenvalue weighted by atomic mass is 10.1. The molecule has 0 radical (unpaired) electrons. The number of hydrogen-bond donors (Lipinski definition) is 1. The van der Waals surface area contributed by atoms with Crippen molar-refractivity contribution < 1.29 is 14.6 Å². The standard InChI is InChI=1S/C16H16O3S/c1-11-6-7-15(19-2)13(8-11)10-20-14-5-3-4-12(9-14)16(17)18/h3-9H,10H2,1-2H3,(H,17,18). The zero-order valence-corrected chi connectivity index (χ0v) is 12.2. The number of rotatable bonds is 5. The first kappa shape index (κ1) is 14.5. The summed E-state index contributed by atoms with van der Waals surface area (Å²) in [5.41, 5.74) is 2.60. The maximum Gasteiger partial charge on any atom is 0.335 e. The van der Waals surface area contributed by atoms with Crippen molar-refractivity contribution in [2.24, 2.45) is 0 Å². The third kappa shape index (κ3) is 3.54. The average molecular weight is 288 g/mol. The Balaban J connectivity index is 2.14. The van der Waals surface area contributed by atoms with E-state index in [2.05, 4.69) is 6.07 Å². The van der Waals surface area contributed by atoms with Crippen LogP contribution in [0.3, 0.4) is 0 Å². The van der Waals surface area contributed by atoms with Gasteiger partial charge in [0.15, 0.2) is 0 Å². The molecule has 104 valence electrons. The first-order chi connectivity index (χ1) is 9.60. The summed E-state index contributed by atoms with van der Waals surface area (Å²) in [5, 5.41) is 8.98. The SMILES string of the molecule is COc1ccc(C)cc1CSc1cccc(C(=O)O)c1. The maximum atomic E-state index is 10.9. The molecule has 0 saturated heterocycles. The van der Waals surface area contributed by atoms with Crippen molar-refractivity contribution in [1.82, 2.24) is 0 Å². The van der Waals surface area contributed by atoms with E-state index in [1.807, 2.05) is 25.1 Å². The molecule has 0 amide bonds. The van der Waals surface area contributed by atoms with Gasteiger partial charge < -0.3 is 9.84 Å². The van der Waals surface area contributed by atoms with Gasteiger partial charge in [0.1, 0.15) is 5.75 Å². The second-order valence-electron chi connectivity index (χ2n) is 4.44. The van der Waals surface area contributed by atoms with Crippen molar-refractivity contribution in [3.05, 3.63) is 59.2 Å². The number of carboxylic acids is 1. The smallest absolute Gasteiger partial charge is 0.335 e. The van der Waals surface area contributed by atoms with E-state index in [-0.39, 0.29) is 0 Å². The van der Waals surface area contributed by atoms with E-state index in [0.717, 1.165) is 22.0 Å². The van der Waals surface area contributed by atoms with Crippen LogP contribution in [-0.2, 0) is 5.75 Å². The van der Waals surface area contributed by atoms with Crippen LogP contribution in [0.2, 0.25) is 0 Å². The summed E-state index contributed by atoms with van der Waals surface area (Å²) >= 11 is 1.60. The van der Waals surface area contributed by atoms with Crippen molar-refractivity contribution in [3.63, 3.8) is 0 Å². The lowest BCUT2D eigenvalue weighted by Crippen LogP contribution is -1.95. The molecule has 0 aliphatic rings. The highest BCUT2D eigenvalue weighted by Gasteiger charge is 2.06. The minimum Gasteiger partial charge on any atom is -0.496 e. The fraction of sp³-hybridized carbons (Fsp3) is 0.188. The van der Waals surface area contributed by atoms with Crippen LogP contribution in [0, 0.1) is 6.92 Å². The predicted molar refractivity (Wildman–Crippen MR) is 80.7 cm³/mol. The minimum absolute atomic E-state index is 0.311. The fourth-order valence-corrected chi connectivity index (χ4v) is 2.83. The Bertz CT molecular complexity index is 623. The average Bonchev–Trinajstić information content (AvgIpc) is 2.45. The first-order valence-electron chi connectivity index (χ1n) is 6.20. The van der Waals surface area contributed by atoms with Crippen LogP contribution in [0.5, 0.6) is 5.75 Å². The van der Waals surface area contributed by atoms with Crippen LogP contribution in [0.25, 0.3) is 0 Å². The van der Waals surface area contributed by atoms with Gasteiger partial charge in [0.05, 0.1) is 12.7 Å². The number of aromatic carboxylic acids is 1. The predicted octanol–water partition coefficient (Wildman–Crippen LogP) is 3.99. The van der Waals surface area contributed by atoms with Crippen molar-refractivity contribution >= 4 is 17.7 Å². The number of thioether (sulfide) groups is 1.